The fraction of sp³-hybridized carbons (Fsp3) is 0.176. The van der Waals surface area contributed by atoms with E-state index in [9.17, 15) is 4.79 Å². The second-order valence-corrected chi connectivity index (χ2v) is 4.71. The second-order valence-electron chi connectivity index (χ2n) is 4.71. The Morgan fingerprint density at radius 2 is 2.14 bits per heavy atom. The number of aromatic nitrogens is 1. The van der Waals surface area contributed by atoms with Crippen LogP contribution in [0.4, 0.5) is 10.5 Å². The van der Waals surface area contributed by atoms with Crippen LogP contribution in [0.2, 0.25) is 0 Å². The average Bonchev–Trinajstić information content (AvgIpc) is 2.51. The molecule has 22 heavy (non-hydrogen) atoms. The summed E-state index contributed by atoms with van der Waals surface area (Å²) in [4.78, 5) is 16.2. The topological polar surface area (TPSA) is 63.2 Å². The van der Waals surface area contributed by atoms with Crippen molar-refractivity contribution in [2.45, 2.75) is 13.5 Å². The zero-order valence-electron chi connectivity index (χ0n) is 12.5. The normalized spacial score (nSPS) is 9.86. The summed E-state index contributed by atoms with van der Waals surface area (Å²) >= 11 is 0. The highest BCUT2D eigenvalue weighted by Gasteiger charge is 2.03. The predicted molar refractivity (Wildman–Crippen MR) is 87.0 cm³/mol. The maximum absolute atomic E-state index is 11.9. The molecule has 0 bridgehead atoms. The minimum atomic E-state index is -0.288. The maximum Gasteiger partial charge on any atom is 0.319 e. The smallest absolute Gasteiger partial charge is 0.319 e. The standard InChI is InChI=1S/C17H19N3O2/c1-3-10-22-16-9-5-7-14(11-16)20-17(21)18-12-15-8-4-6-13(2)19-15/h3-9,11H,1,10,12H2,2H3,(H2,18,20,21). The second kappa shape index (κ2) is 7.83. The molecular weight excluding hydrogens is 278 g/mol. The predicted octanol–water partition coefficient (Wildman–Crippen LogP) is 3.28. The first-order valence-corrected chi connectivity index (χ1v) is 6.98. The van der Waals surface area contributed by atoms with Crippen molar-refractivity contribution in [2.75, 3.05) is 11.9 Å². The van der Waals surface area contributed by atoms with Gasteiger partial charge in [0.25, 0.3) is 0 Å². The molecule has 0 fully saturated rings. The number of rotatable bonds is 6. The molecule has 5 nitrogen and oxygen atoms in total. The third kappa shape index (κ3) is 4.94. The van der Waals surface area contributed by atoms with Gasteiger partial charge in [-0.25, -0.2) is 4.79 Å². The quantitative estimate of drug-likeness (QED) is 0.804. The molecule has 1 aromatic heterocycles. The molecule has 1 heterocycles. The summed E-state index contributed by atoms with van der Waals surface area (Å²) in [6.45, 7) is 6.31. The van der Waals surface area contributed by atoms with Crippen molar-refractivity contribution in [3.05, 3.63) is 66.5 Å². The molecule has 0 atom stereocenters. The molecule has 1 aromatic carbocycles. The number of nitrogens with one attached hydrogen (secondary N) is 2. The van der Waals surface area contributed by atoms with E-state index < -0.39 is 0 Å². The number of hydrogen-bond acceptors (Lipinski definition) is 3. The van der Waals surface area contributed by atoms with Gasteiger partial charge in [0.2, 0.25) is 0 Å². The van der Waals surface area contributed by atoms with E-state index >= 15 is 0 Å². The lowest BCUT2D eigenvalue weighted by Crippen LogP contribution is -2.28. The Hall–Kier alpha value is -2.82. The van der Waals surface area contributed by atoms with Gasteiger partial charge >= 0.3 is 6.03 Å². The van der Waals surface area contributed by atoms with Crippen LogP contribution in [0.5, 0.6) is 5.75 Å². The summed E-state index contributed by atoms with van der Waals surface area (Å²) in [5, 5.41) is 5.53. The van der Waals surface area contributed by atoms with Crippen LogP contribution in [0.15, 0.2) is 55.1 Å². The Balaban J connectivity index is 1.87. The van der Waals surface area contributed by atoms with Crippen molar-refractivity contribution in [3.63, 3.8) is 0 Å². The van der Waals surface area contributed by atoms with Gasteiger partial charge in [-0.2, -0.15) is 0 Å². The summed E-state index contributed by atoms with van der Waals surface area (Å²) in [6, 6.07) is 12.6. The summed E-state index contributed by atoms with van der Waals surface area (Å²) in [7, 11) is 0. The first-order valence-electron chi connectivity index (χ1n) is 6.98. The van der Waals surface area contributed by atoms with Crippen molar-refractivity contribution in [2.24, 2.45) is 0 Å². The number of anilines is 1. The molecule has 0 aliphatic rings. The van der Waals surface area contributed by atoms with Crippen LogP contribution in [-0.2, 0) is 6.54 Å². The van der Waals surface area contributed by atoms with Gasteiger partial charge in [-0.15, -0.1) is 0 Å². The Labute approximate surface area is 130 Å². The number of urea groups is 1. The monoisotopic (exact) mass is 297 g/mol. The number of carbonyl (C=O) groups is 1. The van der Waals surface area contributed by atoms with E-state index in [1.54, 1.807) is 18.2 Å². The van der Waals surface area contributed by atoms with Crippen LogP contribution < -0.4 is 15.4 Å². The molecule has 2 amide bonds. The van der Waals surface area contributed by atoms with Crippen LogP contribution in [-0.4, -0.2) is 17.6 Å². The van der Waals surface area contributed by atoms with E-state index in [2.05, 4.69) is 22.2 Å². The van der Waals surface area contributed by atoms with Crippen molar-refractivity contribution in [1.82, 2.24) is 10.3 Å². The van der Waals surface area contributed by atoms with E-state index in [1.165, 1.54) is 0 Å². The number of hydrogen-bond donors (Lipinski definition) is 2. The van der Waals surface area contributed by atoms with Crippen molar-refractivity contribution in [1.29, 1.82) is 0 Å². The maximum atomic E-state index is 11.9. The molecule has 2 aromatic rings. The van der Waals surface area contributed by atoms with Gasteiger partial charge in [-0.05, 0) is 31.2 Å². The number of carbonyl (C=O) groups excluding carboxylic acids is 1. The highest BCUT2D eigenvalue weighted by atomic mass is 16.5. The van der Waals surface area contributed by atoms with Crippen LogP contribution in [0.3, 0.4) is 0 Å². The highest BCUT2D eigenvalue weighted by Crippen LogP contribution is 2.17. The van der Waals surface area contributed by atoms with Crippen molar-refractivity contribution < 1.29 is 9.53 Å². The summed E-state index contributed by atoms with van der Waals surface area (Å²) in [5.41, 5.74) is 2.40. The fourth-order valence-corrected chi connectivity index (χ4v) is 1.86. The molecule has 114 valence electrons. The lowest BCUT2D eigenvalue weighted by atomic mass is 10.3. The lowest BCUT2D eigenvalue weighted by molar-refractivity contribution is 0.251. The van der Waals surface area contributed by atoms with E-state index in [4.69, 9.17) is 4.74 Å². The van der Waals surface area contributed by atoms with Gasteiger partial charge in [0.05, 0.1) is 12.2 Å². The van der Waals surface area contributed by atoms with Crippen LogP contribution in [0.1, 0.15) is 11.4 Å². The molecule has 0 saturated heterocycles. The highest BCUT2D eigenvalue weighted by molar-refractivity contribution is 5.89. The molecule has 0 spiro atoms. The van der Waals surface area contributed by atoms with E-state index in [1.807, 2.05) is 37.3 Å². The number of ether oxygens (including phenoxy) is 1. The minimum absolute atomic E-state index is 0.288. The Morgan fingerprint density at radius 1 is 1.32 bits per heavy atom. The number of nitrogens with zero attached hydrogens (tertiary/aromatic N) is 1. The average molecular weight is 297 g/mol. The van der Waals surface area contributed by atoms with Gasteiger partial charge in [0.1, 0.15) is 12.4 Å². The van der Waals surface area contributed by atoms with Gasteiger partial charge in [-0.1, -0.05) is 24.8 Å². The van der Waals surface area contributed by atoms with Gasteiger partial charge in [0, 0.05) is 17.4 Å². The SMILES string of the molecule is C=CCOc1cccc(NC(=O)NCc2cccc(C)n2)c1. The zero-order valence-corrected chi connectivity index (χ0v) is 12.5. The summed E-state index contributed by atoms with van der Waals surface area (Å²) < 4.78 is 5.42. The molecular formula is C17H19N3O2. The van der Waals surface area contributed by atoms with Crippen LogP contribution >= 0.6 is 0 Å². The fourth-order valence-electron chi connectivity index (χ4n) is 1.86. The van der Waals surface area contributed by atoms with E-state index in [-0.39, 0.29) is 6.03 Å². The Kier molecular flexibility index (Phi) is 5.54. The molecule has 2 rings (SSSR count). The first-order chi connectivity index (χ1) is 10.7. The molecule has 0 saturated carbocycles. The summed E-state index contributed by atoms with van der Waals surface area (Å²) in [5.74, 6) is 0.679. The van der Waals surface area contributed by atoms with Gasteiger partial charge in [-0.3, -0.25) is 4.98 Å². The Bertz CT molecular complexity index is 656. The molecule has 0 aliphatic heterocycles. The zero-order chi connectivity index (χ0) is 15.8. The molecule has 0 radical (unpaired) electrons. The number of benzene rings is 1. The van der Waals surface area contributed by atoms with Crippen molar-refractivity contribution in [3.8, 4) is 5.75 Å². The largest absolute Gasteiger partial charge is 0.489 e. The molecule has 2 N–H and O–H groups in total. The third-order valence-electron chi connectivity index (χ3n) is 2.84. The minimum Gasteiger partial charge on any atom is -0.489 e. The third-order valence-corrected chi connectivity index (χ3v) is 2.84. The van der Waals surface area contributed by atoms with Gasteiger partial charge < -0.3 is 15.4 Å². The van der Waals surface area contributed by atoms with Gasteiger partial charge in [0.15, 0.2) is 0 Å². The Morgan fingerprint density at radius 3 is 2.91 bits per heavy atom. The van der Waals surface area contributed by atoms with Crippen LogP contribution in [0.25, 0.3) is 0 Å². The molecule has 0 unspecified atom stereocenters. The van der Waals surface area contributed by atoms with E-state index in [0.717, 1.165) is 11.4 Å². The lowest BCUT2D eigenvalue weighted by Gasteiger charge is -2.09. The number of pyridine rings is 1. The number of amides is 2. The number of aryl methyl sites for hydroxylation is 1. The van der Waals surface area contributed by atoms with Crippen LogP contribution in [0, 0.1) is 6.92 Å². The first kappa shape index (κ1) is 15.6. The summed E-state index contributed by atoms with van der Waals surface area (Å²) in [6.07, 6.45) is 1.67. The van der Waals surface area contributed by atoms with E-state index in [0.29, 0.717) is 24.6 Å². The molecule has 0 aliphatic carbocycles. The van der Waals surface area contributed by atoms with Crippen molar-refractivity contribution >= 4 is 11.7 Å². The molecule has 5 heteroatoms.